The van der Waals surface area contributed by atoms with Crippen LogP contribution in [0.3, 0.4) is 0 Å². The maximum absolute atomic E-state index is 5.98. The molecule has 0 atom stereocenters. The summed E-state index contributed by atoms with van der Waals surface area (Å²) in [5.74, 6) is 7.43. The molecule has 0 radical (unpaired) electrons. The lowest BCUT2D eigenvalue weighted by Gasteiger charge is -2.13. The van der Waals surface area contributed by atoms with E-state index in [0.29, 0.717) is 33.9 Å². The number of hydrazine groups is 1. The number of aromatic nitrogens is 2. The van der Waals surface area contributed by atoms with E-state index in [4.69, 9.17) is 29.0 Å². The van der Waals surface area contributed by atoms with Crippen LogP contribution in [0.4, 0.5) is 17.3 Å². The van der Waals surface area contributed by atoms with Crippen LogP contribution in [0.15, 0.2) is 18.2 Å². The van der Waals surface area contributed by atoms with Crippen molar-refractivity contribution in [3.63, 3.8) is 0 Å². The summed E-state index contributed by atoms with van der Waals surface area (Å²) in [6.45, 7) is 3.86. The second-order valence-corrected chi connectivity index (χ2v) is 5.12. The van der Waals surface area contributed by atoms with Crippen molar-refractivity contribution in [3.05, 3.63) is 39.6 Å². The first-order chi connectivity index (χ1) is 9.53. The van der Waals surface area contributed by atoms with Gasteiger partial charge in [-0.2, -0.15) is 0 Å². The van der Waals surface area contributed by atoms with E-state index in [1.807, 2.05) is 13.8 Å². The summed E-state index contributed by atoms with van der Waals surface area (Å²) in [5, 5.41) is 4.30. The Labute approximate surface area is 127 Å². The number of nitrogens with two attached hydrogens (primary N) is 1. The van der Waals surface area contributed by atoms with Crippen molar-refractivity contribution >= 4 is 40.5 Å². The van der Waals surface area contributed by atoms with Crippen molar-refractivity contribution in [1.29, 1.82) is 0 Å². The van der Waals surface area contributed by atoms with Crippen molar-refractivity contribution in [2.45, 2.75) is 20.3 Å². The normalized spacial score (nSPS) is 10.4. The minimum atomic E-state index is 0.555. The molecular weight excluding hydrogens is 297 g/mol. The molecular formula is C13H15Cl2N5. The molecule has 106 valence electrons. The van der Waals surface area contributed by atoms with Gasteiger partial charge in [0.05, 0.1) is 0 Å². The average Bonchev–Trinajstić information content (AvgIpc) is 2.40. The number of anilines is 3. The summed E-state index contributed by atoms with van der Waals surface area (Å²) in [7, 11) is 0. The van der Waals surface area contributed by atoms with Gasteiger partial charge in [0.25, 0.3) is 0 Å². The lowest BCUT2D eigenvalue weighted by Crippen LogP contribution is -2.13. The first kappa shape index (κ1) is 14.8. The number of aryl methyl sites for hydroxylation is 1. The quantitative estimate of drug-likeness (QED) is 0.593. The molecule has 0 aliphatic carbocycles. The summed E-state index contributed by atoms with van der Waals surface area (Å²) in [5.41, 5.74) is 4.15. The molecule has 7 heteroatoms. The van der Waals surface area contributed by atoms with Gasteiger partial charge in [-0.25, -0.2) is 15.8 Å². The van der Waals surface area contributed by atoms with E-state index in [2.05, 4.69) is 20.7 Å². The van der Waals surface area contributed by atoms with Gasteiger partial charge in [0.15, 0.2) is 0 Å². The van der Waals surface area contributed by atoms with Crippen molar-refractivity contribution in [3.8, 4) is 0 Å². The fourth-order valence-electron chi connectivity index (χ4n) is 1.75. The highest BCUT2D eigenvalue weighted by molar-refractivity contribution is 6.35. The molecule has 0 unspecified atom stereocenters. The summed E-state index contributed by atoms with van der Waals surface area (Å²) in [6, 6.07) is 5.22. The van der Waals surface area contributed by atoms with Gasteiger partial charge in [-0.15, -0.1) is 0 Å². The molecule has 20 heavy (non-hydrogen) atoms. The summed E-state index contributed by atoms with van der Waals surface area (Å²) >= 11 is 12.0. The topological polar surface area (TPSA) is 75.9 Å². The Morgan fingerprint density at radius 1 is 1.10 bits per heavy atom. The zero-order chi connectivity index (χ0) is 14.7. The molecule has 2 rings (SSSR count). The maximum atomic E-state index is 5.98. The van der Waals surface area contributed by atoms with Gasteiger partial charge in [-0.3, -0.25) is 0 Å². The van der Waals surface area contributed by atoms with Crippen LogP contribution in [0.1, 0.15) is 18.3 Å². The number of nitrogen functional groups attached to an aromatic ring is 1. The minimum absolute atomic E-state index is 0.555. The minimum Gasteiger partial charge on any atom is -0.340 e. The van der Waals surface area contributed by atoms with Gasteiger partial charge >= 0.3 is 0 Å². The smallest absolute Gasteiger partial charge is 0.148 e. The first-order valence-corrected chi connectivity index (χ1v) is 6.86. The van der Waals surface area contributed by atoms with Gasteiger partial charge in [-0.05, 0) is 25.1 Å². The van der Waals surface area contributed by atoms with Gasteiger partial charge in [-0.1, -0.05) is 30.1 Å². The maximum Gasteiger partial charge on any atom is 0.148 e. The monoisotopic (exact) mass is 311 g/mol. The van der Waals surface area contributed by atoms with Gasteiger partial charge < -0.3 is 10.7 Å². The highest BCUT2D eigenvalue weighted by Crippen LogP contribution is 2.27. The lowest BCUT2D eigenvalue weighted by molar-refractivity contribution is 0.932. The molecule has 0 saturated carbocycles. The number of hydrogen-bond donors (Lipinski definition) is 3. The molecule has 0 aliphatic rings. The predicted octanol–water partition coefficient (Wildman–Crippen LogP) is 3.68. The highest BCUT2D eigenvalue weighted by Gasteiger charge is 2.10. The van der Waals surface area contributed by atoms with E-state index in [1.54, 1.807) is 18.2 Å². The fourth-order valence-corrected chi connectivity index (χ4v) is 2.27. The SMILES string of the molecule is CCc1nc(NN)c(C)c(Nc2cc(Cl)cc(Cl)c2)n1. The van der Waals surface area contributed by atoms with E-state index < -0.39 is 0 Å². The Balaban J connectivity index is 2.41. The molecule has 4 N–H and O–H groups in total. The zero-order valence-corrected chi connectivity index (χ0v) is 12.7. The molecule has 2 aromatic rings. The van der Waals surface area contributed by atoms with E-state index >= 15 is 0 Å². The standard InChI is InChI=1S/C13H15Cl2N5/c1-3-11-18-12(7(2)13(19-11)20-16)17-10-5-8(14)4-9(15)6-10/h4-6H,3,16H2,1-2H3,(H2,17,18,19,20). The summed E-state index contributed by atoms with van der Waals surface area (Å²) in [4.78, 5) is 8.76. The number of benzene rings is 1. The van der Waals surface area contributed by atoms with E-state index in [0.717, 1.165) is 11.3 Å². The van der Waals surface area contributed by atoms with Crippen LogP contribution in [0, 0.1) is 6.92 Å². The molecule has 1 aromatic heterocycles. The van der Waals surface area contributed by atoms with E-state index in [9.17, 15) is 0 Å². The van der Waals surface area contributed by atoms with Crippen LogP contribution in [0.5, 0.6) is 0 Å². The molecule has 0 bridgehead atoms. The molecule has 0 spiro atoms. The molecule has 5 nitrogen and oxygen atoms in total. The van der Waals surface area contributed by atoms with Gasteiger partial charge in [0.1, 0.15) is 17.5 Å². The summed E-state index contributed by atoms with van der Waals surface area (Å²) in [6.07, 6.45) is 0.708. The van der Waals surface area contributed by atoms with E-state index in [-0.39, 0.29) is 0 Å². The molecule has 0 saturated heterocycles. The van der Waals surface area contributed by atoms with Crippen molar-refractivity contribution < 1.29 is 0 Å². The number of hydrogen-bond acceptors (Lipinski definition) is 5. The molecule has 0 fully saturated rings. The second kappa shape index (κ2) is 6.26. The van der Waals surface area contributed by atoms with E-state index in [1.165, 1.54) is 0 Å². The highest BCUT2D eigenvalue weighted by atomic mass is 35.5. The molecule has 0 amide bonds. The third-order valence-corrected chi connectivity index (χ3v) is 3.21. The van der Waals surface area contributed by atoms with Crippen LogP contribution in [-0.2, 0) is 6.42 Å². The Morgan fingerprint density at radius 2 is 1.70 bits per heavy atom. The zero-order valence-electron chi connectivity index (χ0n) is 11.2. The second-order valence-electron chi connectivity index (χ2n) is 4.24. The number of rotatable bonds is 4. The van der Waals surface area contributed by atoms with Crippen molar-refractivity contribution in [2.75, 3.05) is 10.7 Å². The average molecular weight is 312 g/mol. The van der Waals surface area contributed by atoms with Gasteiger partial charge in [0, 0.05) is 27.7 Å². The van der Waals surface area contributed by atoms with Gasteiger partial charge in [0.2, 0.25) is 0 Å². The third-order valence-electron chi connectivity index (χ3n) is 2.77. The van der Waals surface area contributed by atoms with Crippen molar-refractivity contribution in [2.24, 2.45) is 5.84 Å². The fraction of sp³-hybridized carbons (Fsp3) is 0.231. The van der Waals surface area contributed by atoms with Crippen molar-refractivity contribution in [1.82, 2.24) is 9.97 Å². The third kappa shape index (κ3) is 3.30. The molecule has 1 heterocycles. The Hall–Kier alpha value is -1.56. The van der Waals surface area contributed by atoms with Crippen LogP contribution < -0.4 is 16.6 Å². The summed E-state index contributed by atoms with van der Waals surface area (Å²) < 4.78 is 0. The van der Waals surface area contributed by atoms with Crippen LogP contribution in [0.2, 0.25) is 10.0 Å². The largest absolute Gasteiger partial charge is 0.340 e. The Kier molecular flexibility index (Phi) is 4.65. The van der Waals surface area contributed by atoms with Crippen LogP contribution in [-0.4, -0.2) is 9.97 Å². The van der Waals surface area contributed by atoms with Crippen LogP contribution >= 0.6 is 23.2 Å². The number of nitrogens with zero attached hydrogens (tertiary/aromatic N) is 2. The molecule has 0 aliphatic heterocycles. The number of nitrogens with one attached hydrogen (secondary N) is 2. The predicted molar refractivity (Wildman–Crippen MR) is 83.7 cm³/mol. The Morgan fingerprint density at radius 3 is 2.25 bits per heavy atom. The first-order valence-electron chi connectivity index (χ1n) is 6.10. The number of halogens is 2. The molecule has 1 aromatic carbocycles. The lowest BCUT2D eigenvalue weighted by atomic mass is 10.2. The van der Waals surface area contributed by atoms with Crippen LogP contribution in [0.25, 0.3) is 0 Å². The Bertz CT molecular complexity index is 610.